The first-order valence-electron chi connectivity index (χ1n) is 3.18. The molecule has 0 atom stereocenters. The maximum Gasteiger partial charge on any atom is 0.312 e. The van der Waals surface area contributed by atoms with Crippen LogP contribution in [0.1, 0.15) is 5.69 Å². The van der Waals surface area contributed by atoms with Gasteiger partial charge in [0.1, 0.15) is 0 Å². The fourth-order valence-corrected chi connectivity index (χ4v) is 0.736. The average molecular weight is 154 g/mol. The Kier molecular flexibility index (Phi) is 2.10. The predicted molar refractivity (Wildman–Crippen MR) is 39.6 cm³/mol. The van der Waals surface area contributed by atoms with Crippen molar-refractivity contribution < 1.29 is 4.79 Å². The molecule has 0 aliphatic carbocycles. The minimum Gasteiger partial charge on any atom is -0.352 e. The molecule has 3 N–H and O–H groups in total. The number of primary amides is 1. The van der Waals surface area contributed by atoms with Gasteiger partial charge in [-0.25, -0.2) is 9.78 Å². The minimum absolute atomic E-state index is 0.385. The minimum atomic E-state index is -0.532. The second kappa shape index (κ2) is 3.05. The van der Waals surface area contributed by atoms with Gasteiger partial charge in [0.05, 0.1) is 18.6 Å². The molecule has 2 amide bonds. The number of aryl methyl sites for hydroxylation is 1. The second-order valence-corrected chi connectivity index (χ2v) is 2.25. The number of hydrogen-bond acceptors (Lipinski definition) is 2. The third kappa shape index (κ3) is 2.29. The summed E-state index contributed by atoms with van der Waals surface area (Å²) in [5.74, 6) is 0. The monoisotopic (exact) mass is 154 g/mol. The van der Waals surface area contributed by atoms with Crippen LogP contribution in [0.25, 0.3) is 0 Å². The van der Waals surface area contributed by atoms with Gasteiger partial charge in [0, 0.05) is 13.2 Å². The topological polar surface area (TPSA) is 72.9 Å². The number of urea groups is 1. The van der Waals surface area contributed by atoms with Crippen LogP contribution in [0.2, 0.25) is 0 Å². The Morgan fingerprint density at radius 1 is 1.91 bits per heavy atom. The highest BCUT2D eigenvalue weighted by Crippen LogP contribution is 1.91. The van der Waals surface area contributed by atoms with E-state index in [1.807, 2.05) is 13.2 Å². The van der Waals surface area contributed by atoms with Gasteiger partial charge in [-0.15, -0.1) is 0 Å². The fraction of sp³-hybridized carbons (Fsp3) is 0.333. The molecular formula is C6H10N4O. The van der Waals surface area contributed by atoms with E-state index in [4.69, 9.17) is 5.73 Å². The van der Waals surface area contributed by atoms with Crippen molar-refractivity contribution in [1.29, 1.82) is 0 Å². The molecule has 60 valence electrons. The molecule has 5 heteroatoms. The Bertz CT molecular complexity index is 255. The summed E-state index contributed by atoms with van der Waals surface area (Å²) in [5, 5.41) is 2.44. The maximum atomic E-state index is 10.3. The molecule has 1 aromatic heterocycles. The molecule has 0 fully saturated rings. The Morgan fingerprint density at radius 3 is 3.09 bits per heavy atom. The Hall–Kier alpha value is -1.52. The zero-order valence-corrected chi connectivity index (χ0v) is 6.24. The van der Waals surface area contributed by atoms with Crippen LogP contribution < -0.4 is 11.1 Å². The molecule has 0 saturated carbocycles. The van der Waals surface area contributed by atoms with Crippen LogP contribution >= 0.6 is 0 Å². The first-order valence-corrected chi connectivity index (χ1v) is 3.18. The quantitative estimate of drug-likeness (QED) is 0.607. The number of nitrogens with one attached hydrogen (secondary N) is 1. The van der Waals surface area contributed by atoms with E-state index in [2.05, 4.69) is 10.3 Å². The molecule has 0 bridgehead atoms. The number of hydrogen-bond donors (Lipinski definition) is 2. The zero-order valence-electron chi connectivity index (χ0n) is 6.24. The standard InChI is InChI=1S/C6H10N4O/c1-10-3-5(9-4-10)2-8-6(7)11/h3-4H,2H2,1H3,(H3,7,8,11). The highest BCUT2D eigenvalue weighted by molar-refractivity contribution is 5.71. The molecule has 1 rings (SSSR count). The normalized spacial score (nSPS) is 9.55. The summed E-state index contributed by atoms with van der Waals surface area (Å²) in [7, 11) is 1.86. The lowest BCUT2D eigenvalue weighted by atomic mass is 10.5. The van der Waals surface area contributed by atoms with E-state index in [1.54, 1.807) is 10.9 Å². The van der Waals surface area contributed by atoms with Crippen LogP contribution in [-0.4, -0.2) is 15.6 Å². The number of imidazole rings is 1. The van der Waals surface area contributed by atoms with Gasteiger partial charge in [-0.1, -0.05) is 0 Å². The maximum absolute atomic E-state index is 10.3. The van der Waals surface area contributed by atoms with E-state index in [9.17, 15) is 4.79 Å². The SMILES string of the molecule is Cn1cnc(CNC(N)=O)c1. The van der Waals surface area contributed by atoms with Gasteiger partial charge >= 0.3 is 6.03 Å². The molecule has 1 aromatic rings. The molecule has 0 aliphatic rings. The van der Waals surface area contributed by atoms with Gasteiger partial charge < -0.3 is 15.6 Å². The summed E-state index contributed by atoms with van der Waals surface area (Å²) in [6.07, 6.45) is 3.48. The van der Waals surface area contributed by atoms with E-state index in [0.717, 1.165) is 5.69 Å². The number of nitrogens with zero attached hydrogens (tertiary/aromatic N) is 2. The van der Waals surface area contributed by atoms with E-state index in [1.165, 1.54) is 0 Å². The van der Waals surface area contributed by atoms with Gasteiger partial charge in [0.2, 0.25) is 0 Å². The van der Waals surface area contributed by atoms with Crippen molar-refractivity contribution in [2.24, 2.45) is 12.8 Å². The molecule has 0 spiro atoms. The van der Waals surface area contributed by atoms with Crippen LogP contribution in [-0.2, 0) is 13.6 Å². The smallest absolute Gasteiger partial charge is 0.312 e. The molecule has 1 heterocycles. The molecule has 0 aliphatic heterocycles. The molecular weight excluding hydrogens is 144 g/mol. The largest absolute Gasteiger partial charge is 0.352 e. The lowest BCUT2D eigenvalue weighted by molar-refractivity contribution is 0.248. The van der Waals surface area contributed by atoms with Crippen LogP contribution in [0.3, 0.4) is 0 Å². The van der Waals surface area contributed by atoms with Gasteiger partial charge in [0.25, 0.3) is 0 Å². The molecule has 0 saturated heterocycles. The first kappa shape index (κ1) is 7.59. The van der Waals surface area contributed by atoms with Crippen molar-refractivity contribution in [3.8, 4) is 0 Å². The van der Waals surface area contributed by atoms with E-state index < -0.39 is 6.03 Å². The summed E-state index contributed by atoms with van der Waals surface area (Å²) < 4.78 is 1.80. The first-order chi connectivity index (χ1) is 5.18. The lowest BCUT2D eigenvalue weighted by Gasteiger charge is -1.95. The van der Waals surface area contributed by atoms with Gasteiger partial charge in [0.15, 0.2) is 0 Å². The van der Waals surface area contributed by atoms with Crippen LogP contribution in [0.15, 0.2) is 12.5 Å². The Morgan fingerprint density at radius 2 is 2.64 bits per heavy atom. The number of aromatic nitrogens is 2. The summed E-state index contributed by atoms with van der Waals surface area (Å²) >= 11 is 0. The van der Waals surface area contributed by atoms with Crippen molar-refractivity contribution in [1.82, 2.24) is 14.9 Å². The Labute approximate surface area is 64.2 Å². The summed E-state index contributed by atoms with van der Waals surface area (Å²) in [6.45, 7) is 0.385. The predicted octanol–water partition coefficient (Wildman–Crippen LogP) is -0.412. The van der Waals surface area contributed by atoms with Crippen LogP contribution in [0.4, 0.5) is 4.79 Å². The van der Waals surface area contributed by atoms with Gasteiger partial charge in [-0.3, -0.25) is 0 Å². The summed E-state index contributed by atoms with van der Waals surface area (Å²) in [5.41, 5.74) is 5.66. The van der Waals surface area contributed by atoms with E-state index in [0.29, 0.717) is 6.54 Å². The molecule has 11 heavy (non-hydrogen) atoms. The highest BCUT2D eigenvalue weighted by atomic mass is 16.2. The van der Waals surface area contributed by atoms with Crippen molar-refractivity contribution in [2.45, 2.75) is 6.54 Å². The van der Waals surface area contributed by atoms with Crippen molar-refractivity contribution in [2.75, 3.05) is 0 Å². The number of carbonyl (C=O) groups excluding carboxylic acids is 1. The summed E-state index contributed by atoms with van der Waals surface area (Å²) in [4.78, 5) is 14.2. The number of carbonyl (C=O) groups is 1. The number of amides is 2. The molecule has 0 radical (unpaired) electrons. The fourth-order valence-electron chi connectivity index (χ4n) is 0.736. The third-order valence-corrected chi connectivity index (χ3v) is 1.20. The summed E-state index contributed by atoms with van der Waals surface area (Å²) in [6, 6.07) is -0.532. The zero-order chi connectivity index (χ0) is 8.27. The van der Waals surface area contributed by atoms with Crippen LogP contribution in [0, 0.1) is 0 Å². The van der Waals surface area contributed by atoms with Crippen LogP contribution in [0.5, 0.6) is 0 Å². The average Bonchev–Trinajstić information content (AvgIpc) is 2.31. The van der Waals surface area contributed by atoms with Gasteiger partial charge in [-0.05, 0) is 0 Å². The Balaban J connectivity index is 2.45. The molecule has 0 unspecified atom stereocenters. The van der Waals surface area contributed by atoms with Crippen molar-refractivity contribution in [3.63, 3.8) is 0 Å². The second-order valence-electron chi connectivity index (χ2n) is 2.25. The number of nitrogens with two attached hydrogens (primary N) is 1. The molecule has 0 aromatic carbocycles. The third-order valence-electron chi connectivity index (χ3n) is 1.20. The van der Waals surface area contributed by atoms with Crippen molar-refractivity contribution >= 4 is 6.03 Å². The van der Waals surface area contributed by atoms with Crippen molar-refractivity contribution in [3.05, 3.63) is 18.2 Å². The van der Waals surface area contributed by atoms with E-state index >= 15 is 0 Å². The lowest BCUT2D eigenvalue weighted by Crippen LogP contribution is -2.28. The van der Waals surface area contributed by atoms with E-state index in [-0.39, 0.29) is 0 Å². The highest BCUT2D eigenvalue weighted by Gasteiger charge is 1.96. The number of rotatable bonds is 2. The molecule has 5 nitrogen and oxygen atoms in total. The van der Waals surface area contributed by atoms with Gasteiger partial charge in [-0.2, -0.15) is 0 Å².